The molecule has 1 heterocycles. The average Bonchev–Trinajstić information content (AvgIpc) is 3.36. The van der Waals surface area contributed by atoms with Gasteiger partial charge in [0.05, 0.1) is 12.7 Å². The molecule has 5 nitrogen and oxygen atoms in total. The van der Waals surface area contributed by atoms with Gasteiger partial charge in [0.2, 0.25) is 0 Å². The predicted molar refractivity (Wildman–Crippen MR) is 97.0 cm³/mol. The van der Waals surface area contributed by atoms with E-state index in [9.17, 15) is 0 Å². The molecular formula is C18H36N4O. The third-order valence-electron chi connectivity index (χ3n) is 4.79. The topological polar surface area (TPSA) is 48.9 Å². The second-order valence-electron chi connectivity index (χ2n) is 7.26. The molecule has 2 N–H and O–H groups in total. The van der Waals surface area contributed by atoms with Crippen LogP contribution in [0.1, 0.15) is 52.4 Å². The molecule has 0 aromatic rings. The summed E-state index contributed by atoms with van der Waals surface area (Å²) in [4.78, 5) is 6.87. The summed E-state index contributed by atoms with van der Waals surface area (Å²) >= 11 is 0. The van der Waals surface area contributed by atoms with Crippen LogP contribution in [0.4, 0.5) is 0 Å². The Morgan fingerprint density at radius 2 is 1.96 bits per heavy atom. The molecule has 5 heteroatoms. The summed E-state index contributed by atoms with van der Waals surface area (Å²) in [5, 5.41) is 7.05. The van der Waals surface area contributed by atoms with E-state index in [0.29, 0.717) is 12.1 Å². The highest BCUT2D eigenvalue weighted by molar-refractivity contribution is 5.79. The molecule has 0 radical (unpaired) electrons. The molecule has 2 rings (SSSR count). The van der Waals surface area contributed by atoms with E-state index in [2.05, 4.69) is 34.4 Å². The first-order valence-corrected chi connectivity index (χ1v) is 9.48. The zero-order chi connectivity index (χ0) is 16.5. The van der Waals surface area contributed by atoms with Gasteiger partial charge < -0.3 is 20.3 Å². The molecule has 1 aliphatic heterocycles. The second kappa shape index (κ2) is 10.1. The molecular weight excluding hydrogens is 288 g/mol. The highest BCUT2D eigenvalue weighted by Crippen LogP contribution is 2.33. The number of aliphatic imine (C=N–C) groups is 1. The molecule has 0 amide bonds. The summed E-state index contributed by atoms with van der Waals surface area (Å²) in [7, 11) is 1.87. The first kappa shape index (κ1) is 18.5. The van der Waals surface area contributed by atoms with Gasteiger partial charge in [0.15, 0.2) is 5.96 Å². The van der Waals surface area contributed by atoms with Gasteiger partial charge in [-0.1, -0.05) is 12.8 Å². The van der Waals surface area contributed by atoms with Crippen molar-refractivity contribution in [1.82, 2.24) is 15.5 Å². The smallest absolute Gasteiger partial charge is 0.191 e. The lowest BCUT2D eigenvalue weighted by molar-refractivity contribution is 0.0532. The van der Waals surface area contributed by atoms with Gasteiger partial charge in [-0.15, -0.1) is 0 Å². The van der Waals surface area contributed by atoms with Crippen LogP contribution in [-0.2, 0) is 4.74 Å². The molecule has 0 spiro atoms. The summed E-state index contributed by atoms with van der Waals surface area (Å²) in [5.41, 5.74) is 0. The van der Waals surface area contributed by atoms with E-state index in [-0.39, 0.29) is 0 Å². The molecule has 1 saturated carbocycles. The fourth-order valence-electron chi connectivity index (χ4n) is 3.11. The Labute approximate surface area is 142 Å². The van der Waals surface area contributed by atoms with E-state index in [1.165, 1.54) is 38.5 Å². The number of ether oxygens (including phenoxy) is 1. The SMILES string of the molecule is CN=C(NCCCC1CC1)NC1CCN(CCOC(C)C)CC1. The maximum Gasteiger partial charge on any atom is 0.191 e. The van der Waals surface area contributed by atoms with Crippen LogP contribution < -0.4 is 10.6 Å². The number of rotatable bonds is 9. The first-order valence-electron chi connectivity index (χ1n) is 9.48. The number of likely N-dealkylation sites (tertiary alicyclic amines) is 1. The van der Waals surface area contributed by atoms with Crippen molar-refractivity contribution in [3.8, 4) is 0 Å². The molecule has 1 aliphatic carbocycles. The van der Waals surface area contributed by atoms with E-state index in [4.69, 9.17) is 4.74 Å². The Bertz CT molecular complexity index is 347. The van der Waals surface area contributed by atoms with E-state index in [0.717, 1.165) is 44.7 Å². The molecule has 2 aliphatic rings. The van der Waals surface area contributed by atoms with E-state index < -0.39 is 0 Å². The van der Waals surface area contributed by atoms with Gasteiger partial charge in [-0.25, -0.2) is 0 Å². The van der Waals surface area contributed by atoms with Gasteiger partial charge >= 0.3 is 0 Å². The Balaban J connectivity index is 1.54. The standard InChI is InChI=1S/C18H36N4O/c1-15(2)23-14-13-22-11-8-17(9-12-22)21-18(19-3)20-10-4-5-16-6-7-16/h15-17H,4-14H2,1-3H3,(H2,19,20,21). The highest BCUT2D eigenvalue weighted by atomic mass is 16.5. The maximum absolute atomic E-state index is 5.64. The number of nitrogens with zero attached hydrogens (tertiary/aromatic N) is 2. The monoisotopic (exact) mass is 324 g/mol. The molecule has 1 saturated heterocycles. The van der Waals surface area contributed by atoms with Crippen molar-refractivity contribution >= 4 is 5.96 Å². The Hall–Kier alpha value is -0.810. The Kier molecular flexibility index (Phi) is 8.17. The van der Waals surface area contributed by atoms with Gasteiger partial charge in [0, 0.05) is 39.3 Å². The van der Waals surface area contributed by atoms with Crippen molar-refractivity contribution in [2.24, 2.45) is 10.9 Å². The van der Waals surface area contributed by atoms with Gasteiger partial charge in [-0.2, -0.15) is 0 Å². The number of hydrogen-bond donors (Lipinski definition) is 2. The molecule has 0 unspecified atom stereocenters. The Morgan fingerprint density at radius 1 is 1.22 bits per heavy atom. The van der Waals surface area contributed by atoms with Crippen molar-refractivity contribution in [2.75, 3.05) is 39.8 Å². The quantitative estimate of drug-likeness (QED) is 0.388. The van der Waals surface area contributed by atoms with Crippen LogP contribution in [0.3, 0.4) is 0 Å². The fourth-order valence-corrected chi connectivity index (χ4v) is 3.11. The normalized spacial score (nSPS) is 21.0. The van der Waals surface area contributed by atoms with Gasteiger partial charge in [-0.3, -0.25) is 4.99 Å². The average molecular weight is 325 g/mol. The van der Waals surface area contributed by atoms with Crippen molar-refractivity contribution < 1.29 is 4.74 Å². The fraction of sp³-hybridized carbons (Fsp3) is 0.944. The van der Waals surface area contributed by atoms with E-state index >= 15 is 0 Å². The minimum absolute atomic E-state index is 0.337. The van der Waals surface area contributed by atoms with Crippen molar-refractivity contribution in [1.29, 1.82) is 0 Å². The van der Waals surface area contributed by atoms with Crippen LogP contribution in [0, 0.1) is 5.92 Å². The summed E-state index contributed by atoms with van der Waals surface area (Å²) in [6.45, 7) is 9.44. The van der Waals surface area contributed by atoms with Crippen LogP contribution in [-0.4, -0.2) is 62.8 Å². The minimum Gasteiger partial charge on any atom is -0.377 e. The minimum atomic E-state index is 0.337. The largest absolute Gasteiger partial charge is 0.377 e. The third-order valence-corrected chi connectivity index (χ3v) is 4.79. The molecule has 2 fully saturated rings. The molecule has 0 atom stereocenters. The van der Waals surface area contributed by atoms with Crippen LogP contribution in [0.2, 0.25) is 0 Å². The zero-order valence-corrected chi connectivity index (χ0v) is 15.3. The molecule has 23 heavy (non-hydrogen) atoms. The lowest BCUT2D eigenvalue weighted by Crippen LogP contribution is -2.49. The zero-order valence-electron chi connectivity index (χ0n) is 15.3. The lowest BCUT2D eigenvalue weighted by Gasteiger charge is -2.33. The van der Waals surface area contributed by atoms with Crippen LogP contribution in [0.5, 0.6) is 0 Å². The lowest BCUT2D eigenvalue weighted by atomic mass is 10.1. The molecule has 0 aromatic carbocycles. The molecule has 0 aromatic heterocycles. The highest BCUT2D eigenvalue weighted by Gasteiger charge is 2.21. The number of nitrogens with one attached hydrogen (secondary N) is 2. The van der Waals surface area contributed by atoms with Crippen molar-refractivity contribution in [2.45, 2.75) is 64.5 Å². The Morgan fingerprint density at radius 3 is 2.57 bits per heavy atom. The predicted octanol–water partition coefficient (Wildman–Crippen LogP) is 2.23. The van der Waals surface area contributed by atoms with Gasteiger partial charge in [-0.05, 0) is 45.4 Å². The maximum atomic E-state index is 5.64. The van der Waals surface area contributed by atoms with Crippen molar-refractivity contribution in [3.05, 3.63) is 0 Å². The second-order valence-corrected chi connectivity index (χ2v) is 7.26. The summed E-state index contributed by atoms with van der Waals surface area (Å²) < 4.78 is 5.64. The number of hydrogen-bond acceptors (Lipinski definition) is 3. The summed E-state index contributed by atoms with van der Waals surface area (Å²) in [6.07, 6.45) is 8.25. The summed E-state index contributed by atoms with van der Waals surface area (Å²) in [6, 6.07) is 0.548. The summed E-state index contributed by atoms with van der Waals surface area (Å²) in [5.74, 6) is 2.00. The van der Waals surface area contributed by atoms with Crippen LogP contribution in [0.25, 0.3) is 0 Å². The number of piperidine rings is 1. The molecule has 0 bridgehead atoms. The molecule has 134 valence electrons. The van der Waals surface area contributed by atoms with Crippen LogP contribution >= 0.6 is 0 Å². The third kappa shape index (κ3) is 8.02. The van der Waals surface area contributed by atoms with Gasteiger partial charge in [0.1, 0.15) is 0 Å². The van der Waals surface area contributed by atoms with Gasteiger partial charge in [0.25, 0.3) is 0 Å². The number of guanidine groups is 1. The first-order chi connectivity index (χ1) is 11.2. The van der Waals surface area contributed by atoms with E-state index in [1.54, 1.807) is 0 Å². The van der Waals surface area contributed by atoms with Crippen LogP contribution in [0.15, 0.2) is 4.99 Å². The van der Waals surface area contributed by atoms with E-state index in [1.807, 2.05) is 7.05 Å². The van der Waals surface area contributed by atoms with Crippen molar-refractivity contribution in [3.63, 3.8) is 0 Å².